The van der Waals surface area contributed by atoms with Gasteiger partial charge in [0.15, 0.2) is 5.69 Å². The molecule has 21 heavy (non-hydrogen) atoms. The predicted octanol–water partition coefficient (Wildman–Crippen LogP) is 3.39. The van der Waals surface area contributed by atoms with Crippen molar-refractivity contribution in [1.82, 2.24) is 15.0 Å². The highest BCUT2D eigenvalue weighted by Gasteiger charge is 2.22. The van der Waals surface area contributed by atoms with Crippen LogP contribution in [0.15, 0.2) is 24.3 Å². The second kappa shape index (κ2) is 5.31. The second-order valence-electron chi connectivity index (χ2n) is 6.49. The van der Waals surface area contributed by atoms with Crippen LogP contribution in [0.5, 0.6) is 0 Å². The maximum atomic E-state index is 11.2. The summed E-state index contributed by atoms with van der Waals surface area (Å²) >= 11 is 0. The van der Waals surface area contributed by atoms with Gasteiger partial charge in [0.25, 0.3) is 0 Å². The van der Waals surface area contributed by atoms with E-state index in [9.17, 15) is 9.90 Å². The molecule has 5 nitrogen and oxygen atoms in total. The molecule has 0 radical (unpaired) electrons. The number of hydrogen-bond acceptors (Lipinski definition) is 3. The van der Waals surface area contributed by atoms with Crippen LogP contribution in [0.25, 0.3) is 5.69 Å². The van der Waals surface area contributed by atoms with Crippen LogP contribution in [0, 0.1) is 0 Å². The fourth-order valence-electron chi connectivity index (χ4n) is 2.25. The molecule has 2 aromatic rings. The first-order chi connectivity index (χ1) is 9.71. The zero-order valence-corrected chi connectivity index (χ0v) is 13.1. The Balaban J connectivity index is 2.50. The number of carbonyl (C=O) groups is 1. The van der Waals surface area contributed by atoms with Crippen LogP contribution < -0.4 is 0 Å². The molecular weight excluding hydrogens is 266 g/mol. The zero-order chi connectivity index (χ0) is 15.8. The van der Waals surface area contributed by atoms with E-state index >= 15 is 0 Å². The lowest BCUT2D eigenvalue weighted by Crippen LogP contribution is -2.12. The monoisotopic (exact) mass is 287 g/mol. The molecule has 0 atom stereocenters. The Morgan fingerprint density at radius 3 is 2.19 bits per heavy atom. The number of rotatable bonds is 3. The van der Waals surface area contributed by atoms with E-state index in [1.54, 1.807) is 4.68 Å². The summed E-state index contributed by atoms with van der Waals surface area (Å²) in [5.41, 5.74) is 2.76. The van der Waals surface area contributed by atoms with Crippen molar-refractivity contribution in [3.8, 4) is 5.69 Å². The topological polar surface area (TPSA) is 68.0 Å². The van der Waals surface area contributed by atoms with Gasteiger partial charge in [-0.25, -0.2) is 9.48 Å². The highest BCUT2D eigenvalue weighted by atomic mass is 16.4. The van der Waals surface area contributed by atoms with Crippen LogP contribution >= 0.6 is 0 Å². The van der Waals surface area contributed by atoms with Crippen molar-refractivity contribution in [3.05, 3.63) is 41.2 Å². The van der Waals surface area contributed by atoms with E-state index in [0.29, 0.717) is 5.69 Å². The zero-order valence-electron chi connectivity index (χ0n) is 13.1. The molecule has 1 aromatic carbocycles. The molecule has 0 aliphatic heterocycles. The average Bonchev–Trinajstić information content (AvgIpc) is 2.82. The molecule has 0 aliphatic rings. The van der Waals surface area contributed by atoms with Crippen LogP contribution in [-0.2, 0) is 5.41 Å². The summed E-state index contributed by atoms with van der Waals surface area (Å²) in [5, 5.41) is 17.0. The first-order valence-electron chi connectivity index (χ1n) is 7.01. The molecule has 2 rings (SSSR count). The molecule has 1 aromatic heterocycles. The predicted molar refractivity (Wildman–Crippen MR) is 81.1 cm³/mol. The van der Waals surface area contributed by atoms with E-state index < -0.39 is 5.97 Å². The second-order valence-corrected chi connectivity index (χ2v) is 6.49. The number of benzene rings is 1. The quantitative estimate of drug-likeness (QED) is 0.939. The summed E-state index contributed by atoms with van der Waals surface area (Å²) in [5.74, 6) is -1.02. The first-order valence-corrected chi connectivity index (χ1v) is 7.01. The number of carboxylic acid groups (broad SMARTS) is 1. The average molecular weight is 287 g/mol. The third-order valence-corrected chi connectivity index (χ3v) is 3.43. The summed E-state index contributed by atoms with van der Waals surface area (Å²) in [6.07, 6.45) is 0. The number of nitrogens with zero attached hydrogens (tertiary/aromatic N) is 3. The van der Waals surface area contributed by atoms with Gasteiger partial charge >= 0.3 is 5.97 Å². The normalized spacial score (nSPS) is 11.9. The molecule has 0 aliphatic carbocycles. The number of hydrogen-bond donors (Lipinski definition) is 1. The minimum absolute atomic E-state index is 0.0184. The van der Waals surface area contributed by atoms with Crippen molar-refractivity contribution in [2.45, 2.75) is 46.0 Å². The Hall–Kier alpha value is -2.17. The third kappa shape index (κ3) is 2.96. The SMILES string of the molecule is CC(C)c1c(C(=O)O)nnn1-c1ccc(C(C)(C)C)cc1. The standard InChI is InChI=1S/C16H21N3O2/c1-10(2)14-13(15(20)21)17-18-19(14)12-8-6-11(7-9-12)16(3,4)5/h6-10H,1-5H3,(H,20,21). The molecule has 112 valence electrons. The van der Waals surface area contributed by atoms with Crippen molar-refractivity contribution in [2.75, 3.05) is 0 Å². The Morgan fingerprint density at radius 1 is 1.19 bits per heavy atom. The summed E-state index contributed by atoms with van der Waals surface area (Å²) in [7, 11) is 0. The van der Waals surface area contributed by atoms with Gasteiger partial charge in [-0.05, 0) is 29.0 Å². The van der Waals surface area contributed by atoms with E-state index in [2.05, 4.69) is 31.1 Å². The van der Waals surface area contributed by atoms with Crippen LogP contribution in [0.3, 0.4) is 0 Å². The molecule has 0 bridgehead atoms. The van der Waals surface area contributed by atoms with Crippen molar-refractivity contribution in [1.29, 1.82) is 0 Å². The van der Waals surface area contributed by atoms with Crippen LogP contribution in [0.1, 0.15) is 62.3 Å². The molecule has 5 heteroatoms. The molecule has 1 heterocycles. The highest BCUT2D eigenvalue weighted by Crippen LogP contribution is 2.25. The van der Waals surface area contributed by atoms with Gasteiger partial charge in [0, 0.05) is 0 Å². The van der Waals surface area contributed by atoms with E-state index in [-0.39, 0.29) is 17.0 Å². The van der Waals surface area contributed by atoms with E-state index in [4.69, 9.17) is 0 Å². The van der Waals surface area contributed by atoms with Crippen LogP contribution in [0.4, 0.5) is 0 Å². The summed E-state index contributed by atoms with van der Waals surface area (Å²) < 4.78 is 1.61. The van der Waals surface area contributed by atoms with Gasteiger partial charge in [0.2, 0.25) is 0 Å². The smallest absolute Gasteiger partial charge is 0.358 e. The van der Waals surface area contributed by atoms with Crippen molar-refractivity contribution >= 4 is 5.97 Å². The molecule has 0 fully saturated rings. The molecule has 1 N–H and O–H groups in total. The third-order valence-electron chi connectivity index (χ3n) is 3.43. The molecule has 0 saturated heterocycles. The van der Waals surface area contributed by atoms with Gasteiger partial charge in [0.05, 0.1) is 11.4 Å². The molecule has 0 spiro atoms. The Morgan fingerprint density at radius 2 is 1.76 bits per heavy atom. The van der Waals surface area contributed by atoms with Gasteiger partial charge < -0.3 is 5.11 Å². The van der Waals surface area contributed by atoms with E-state index in [1.165, 1.54) is 5.56 Å². The number of aromatic carboxylic acids is 1. The number of aromatic nitrogens is 3. The largest absolute Gasteiger partial charge is 0.476 e. The molecule has 0 unspecified atom stereocenters. The minimum atomic E-state index is -1.05. The lowest BCUT2D eigenvalue weighted by molar-refractivity contribution is 0.0688. The first kappa shape index (κ1) is 15.2. The Labute approximate surface area is 124 Å². The summed E-state index contributed by atoms with van der Waals surface area (Å²) in [6.45, 7) is 10.3. The lowest BCUT2D eigenvalue weighted by Gasteiger charge is -2.19. The van der Waals surface area contributed by atoms with Gasteiger partial charge in [-0.1, -0.05) is 52.0 Å². The van der Waals surface area contributed by atoms with Crippen molar-refractivity contribution in [3.63, 3.8) is 0 Å². The van der Waals surface area contributed by atoms with Gasteiger partial charge in [-0.15, -0.1) is 5.10 Å². The van der Waals surface area contributed by atoms with Crippen molar-refractivity contribution < 1.29 is 9.90 Å². The van der Waals surface area contributed by atoms with Gasteiger partial charge in [-0.2, -0.15) is 0 Å². The van der Waals surface area contributed by atoms with Gasteiger partial charge in [-0.3, -0.25) is 0 Å². The van der Waals surface area contributed by atoms with Crippen LogP contribution in [0.2, 0.25) is 0 Å². The maximum Gasteiger partial charge on any atom is 0.358 e. The van der Waals surface area contributed by atoms with Crippen LogP contribution in [-0.4, -0.2) is 26.1 Å². The fourth-order valence-corrected chi connectivity index (χ4v) is 2.25. The van der Waals surface area contributed by atoms with Crippen molar-refractivity contribution in [2.24, 2.45) is 0 Å². The Bertz CT molecular complexity index is 649. The molecular formula is C16H21N3O2. The van der Waals surface area contributed by atoms with E-state index in [0.717, 1.165) is 5.69 Å². The highest BCUT2D eigenvalue weighted by molar-refractivity contribution is 5.86. The molecule has 0 saturated carbocycles. The maximum absolute atomic E-state index is 11.2. The lowest BCUT2D eigenvalue weighted by atomic mass is 9.87. The Kier molecular flexibility index (Phi) is 3.85. The van der Waals surface area contributed by atoms with E-state index in [1.807, 2.05) is 38.1 Å². The minimum Gasteiger partial charge on any atom is -0.476 e. The fraction of sp³-hybridized carbons (Fsp3) is 0.438. The van der Waals surface area contributed by atoms with Gasteiger partial charge in [0.1, 0.15) is 0 Å². The summed E-state index contributed by atoms with van der Waals surface area (Å²) in [6, 6.07) is 7.99. The summed E-state index contributed by atoms with van der Waals surface area (Å²) in [4.78, 5) is 11.2. The number of carboxylic acids is 1. The molecule has 0 amide bonds.